The van der Waals surface area contributed by atoms with Crippen molar-refractivity contribution in [2.45, 2.75) is 76.2 Å². The summed E-state index contributed by atoms with van der Waals surface area (Å²) < 4.78 is 24.8. The number of aliphatic hydroxyl groups is 1. The summed E-state index contributed by atoms with van der Waals surface area (Å²) in [5, 5.41) is 34.0. The Kier molecular flexibility index (Phi) is 12.1. The Bertz CT molecular complexity index is 2880. The van der Waals surface area contributed by atoms with Crippen LogP contribution in [0.15, 0.2) is 103 Å². The van der Waals surface area contributed by atoms with Crippen LogP contribution < -0.4 is 10.1 Å². The maximum Gasteiger partial charge on any atom is 0.326 e. The quantitative estimate of drug-likeness (QED) is 0.0808. The predicted octanol–water partition coefficient (Wildman–Crippen LogP) is 9.46. The Morgan fingerprint density at radius 2 is 1.61 bits per heavy atom. The number of phenolic OH excluding ortho intramolecular Hbond substituents is 1. The van der Waals surface area contributed by atoms with Crippen molar-refractivity contribution in [2.75, 3.05) is 13.1 Å². The molecule has 0 spiro atoms. The van der Waals surface area contributed by atoms with Gasteiger partial charge in [0.1, 0.15) is 35.8 Å². The van der Waals surface area contributed by atoms with E-state index in [4.69, 9.17) is 21.3 Å². The van der Waals surface area contributed by atoms with E-state index in [1.807, 2.05) is 18.2 Å². The number of aliphatic carboxylic acids is 1. The molecule has 2 fully saturated rings. The average molecular weight is 884 g/mol. The summed E-state index contributed by atoms with van der Waals surface area (Å²) in [7, 11) is 0. The summed E-state index contributed by atoms with van der Waals surface area (Å²) in [4.78, 5) is 49.3. The van der Waals surface area contributed by atoms with Crippen molar-refractivity contribution in [3.63, 3.8) is 0 Å². The van der Waals surface area contributed by atoms with E-state index in [0.717, 1.165) is 59.8 Å². The first-order valence-electron chi connectivity index (χ1n) is 21.6. The Morgan fingerprint density at radius 3 is 2.36 bits per heavy atom. The summed E-state index contributed by atoms with van der Waals surface area (Å²) in [5.41, 5.74) is 5.95. The topological polar surface area (TPSA) is 170 Å². The fourth-order valence-electron chi connectivity index (χ4n) is 9.07. The Balaban J connectivity index is 0.982. The third kappa shape index (κ3) is 8.91. The fraction of sp³-hybridized carbons (Fsp3) is 0.280. The predicted molar refractivity (Wildman–Crippen MR) is 242 cm³/mol. The number of benzene rings is 5. The molecule has 2 amide bonds. The zero-order valence-corrected chi connectivity index (χ0v) is 35.7. The second kappa shape index (κ2) is 18.2. The van der Waals surface area contributed by atoms with E-state index >= 15 is 4.39 Å². The number of nitrogens with one attached hydrogen (secondary N) is 2. The van der Waals surface area contributed by atoms with E-state index < -0.39 is 29.8 Å². The number of aromatic amines is 1. The largest absolute Gasteiger partial charge is 0.508 e. The van der Waals surface area contributed by atoms with E-state index in [9.17, 15) is 29.7 Å². The standard InChI is InChI=1S/C50H47ClFN5O7/c51-34-10-6-29(7-11-34)39-14-8-31(49(61)56-20-18-36(58)19-21-56)22-33(39)28-64-38-13-15-40(42(52)26-38)47-54-44-23-30(9-17-46(44)57(47)35-4-2-1-3-5-35)48(60)55-45(50(62)63)24-32-27-53-43-16-12-37(59)25-41(32)43/h6-17,22-23,25-27,35-36,45,53,58-59H,1-5,18-21,24,28H2,(H,55,60)(H,62,63). The number of piperidine rings is 1. The van der Waals surface area contributed by atoms with Gasteiger partial charge in [0, 0.05) is 64.9 Å². The van der Waals surface area contributed by atoms with Crippen LogP contribution in [-0.4, -0.2) is 77.8 Å². The summed E-state index contributed by atoms with van der Waals surface area (Å²) in [6.07, 6.45) is 7.18. The van der Waals surface area contributed by atoms with Crippen molar-refractivity contribution >= 4 is 51.3 Å². The molecular formula is C50H47ClFN5O7. The first-order chi connectivity index (χ1) is 31.0. The van der Waals surface area contributed by atoms with E-state index in [2.05, 4.69) is 14.9 Å². The molecule has 5 aromatic carbocycles. The van der Waals surface area contributed by atoms with Gasteiger partial charge in [-0.2, -0.15) is 0 Å². The molecule has 1 aliphatic carbocycles. The van der Waals surface area contributed by atoms with Crippen molar-refractivity contribution in [3.8, 4) is 34.0 Å². The van der Waals surface area contributed by atoms with Gasteiger partial charge >= 0.3 is 5.97 Å². The first kappa shape index (κ1) is 42.6. The molecule has 7 aromatic rings. The van der Waals surface area contributed by atoms with Gasteiger partial charge in [-0.25, -0.2) is 14.2 Å². The number of hydrogen-bond donors (Lipinski definition) is 5. The molecule has 1 unspecified atom stereocenters. The molecule has 1 aliphatic heterocycles. The lowest BCUT2D eigenvalue weighted by Gasteiger charge is -2.29. The number of aromatic hydroxyl groups is 1. The van der Waals surface area contributed by atoms with Gasteiger partial charge in [-0.1, -0.05) is 49.1 Å². The highest BCUT2D eigenvalue weighted by atomic mass is 35.5. The average Bonchev–Trinajstić information content (AvgIpc) is 3.89. The van der Waals surface area contributed by atoms with E-state index in [1.165, 1.54) is 12.1 Å². The number of carboxylic acid groups (broad SMARTS) is 1. The number of fused-ring (bicyclic) bond motifs is 2. The second-order valence-corrected chi connectivity index (χ2v) is 17.2. The van der Waals surface area contributed by atoms with Crippen molar-refractivity contribution in [3.05, 3.63) is 136 Å². The van der Waals surface area contributed by atoms with Gasteiger partial charge < -0.3 is 39.8 Å². The molecule has 12 nitrogen and oxygen atoms in total. The number of rotatable bonds is 12. The molecular weight excluding hydrogens is 837 g/mol. The zero-order valence-electron chi connectivity index (χ0n) is 34.9. The van der Waals surface area contributed by atoms with Crippen molar-refractivity contribution in [1.29, 1.82) is 0 Å². The summed E-state index contributed by atoms with van der Waals surface area (Å²) >= 11 is 6.20. The smallest absolute Gasteiger partial charge is 0.326 e. The molecule has 2 aromatic heterocycles. The molecule has 0 radical (unpaired) electrons. The number of phenols is 1. The van der Waals surface area contributed by atoms with E-state index in [1.54, 1.807) is 77.8 Å². The third-order valence-corrected chi connectivity index (χ3v) is 12.8. The third-order valence-electron chi connectivity index (χ3n) is 12.5. The van der Waals surface area contributed by atoms with Gasteiger partial charge in [-0.15, -0.1) is 0 Å². The SMILES string of the molecule is O=C(NC(Cc1c[nH]c2ccc(O)cc12)C(=O)O)c1ccc2c(c1)nc(-c1ccc(OCc3cc(C(=O)N4CCC(O)CC4)ccc3-c3ccc(Cl)cc3)cc1F)n2C1CCCCC1. The molecule has 3 heterocycles. The molecule has 5 N–H and O–H groups in total. The number of halogens is 2. The van der Waals surface area contributed by atoms with Crippen LogP contribution in [0.5, 0.6) is 11.5 Å². The Hall–Kier alpha value is -6.70. The normalized spacial score (nSPS) is 15.4. The number of likely N-dealkylation sites (tertiary alicyclic amines) is 1. The van der Waals surface area contributed by atoms with Crippen molar-refractivity contribution in [1.82, 2.24) is 24.8 Å². The summed E-state index contributed by atoms with van der Waals surface area (Å²) in [5.74, 6) is -1.75. The molecule has 1 saturated carbocycles. The van der Waals surface area contributed by atoms with Gasteiger partial charge in [0.05, 0.1) is 22.7 Å². The van der Waals surface area contributed by atoms with Crippen LogP contribution in [0, 0.1) is 5.82 Å². The van der Waals surface area contributed by atoms with Crippen LogP contribution in [0.4, 0.5) is 4.39 Å². The monoisotopic (exact) mass is 883 g/mol. The lowest BCUT2D eigenvalue weighted by atomic mass is 9.94. The lowest BCUT2D eigenvalue weighted by Crippen LogP contribution is -2.42. The molecule has 2 aliphatic rings. The fourth-order valence-corrected chi connectivity index (χ4v) is 9.20. The number of imidazole rings is 1. The van der Waals surface area contributed by atoms with Crippen LogP contribution in [0.3, 0.4) is 0 Å². The number of carboxylic acids is 1. The van der Waals surface area contributed by atoms with E-state index in [-0.39, 0.29) is 47.6 Å². The lowest BCUT2D eigenvalue weighted by molar-refractivity contribution is -0.139. The minimum Gasteiger partial charge on any atom is -0.508 e. The van der Waals surface area contributed by atoms with Crippen LogP contribution in [-0.2, 0) is 17.8 Å². The number of aromatic nitrogens is 3. The molecule has 0 bridgehead atoms. The number of hydrogen-bond acceptors (Lipinski definition) is 7. The highest BCUT2D eigenvalue weighted by Crippen LogP contribution is 2.38. The number of nitrogens with zero attached hydrogens (tertiary/aromatic N) is 3. The second-order valence-electron chi connectivity index (χ2n) is 16.7. The molecule has 14 heteroatoms. The van der Waals surface area contributed by atoms with Crippen molar-refractivity contribution in [2.24, 2.45) is 0 Å². The molecule has 1 atom stereocenters. The maximum absolute atomic E-state index is 16.5. The summed E-state index contributed by atoms with van der Waals surface area (Å²) in [6, 6.07) is 26.1. The zero-order chi connectivity index (χ0) is 44.5. The number of aliphatic hydroxyl groups excluding tert-OH is 1. The van der Waals surface area contributed by atoms with Crippen LogP contribution in [0.2, 0.25) is 5.02 Å². The minimum atomic E-state index is -1.26. The van der Waals surface area contributed by atoms with Gasteiger partial charge in [-0.3, -0.25) is 9.59 Å². The van der Waals surface area contributed by atoms with Crippen LogP contribution in [0.1, 0.15) is 82.8 Å². The number of H-pyrrole nitrogens is 1. The first-order valence-corrected chi connectivity index (χ1v) is 22.0. The highest BCUT2D eigenvalue weighted by Gasteiger charge is 2.28. The summed E-state index contributed by atoms with van der Waals surface area (Å²) in [6.45, 7) is 0.973. The van der Waals surface area contributed by atoms with Gasteiger partial charge in [0.15, 0.2) is 0 Å². The van der Waals surface area contributed by atoms with Crippen molar-refractivity contribution < 1.29 is 38.8 Å². The van der Waals surface area contributed by atoms with Gasteiger partial charge in [0.2, 0.25) is 0 Å². The van der Waals surface area contributed by atoms with Gasteiger partial charge in [0.25, 0.3) is 11.8 Å². The number of ether oxygens (including phenoxy) is 1. The molecule has 1 saturated heterocycles. The molecule has 9 rings (SSSR count). The maximum atomic E-state index is 16.5. The van der Waals surface area contributed by atoms with E-state index in [0.29, 0.717) is 58.8 Å². The van der Waals surface area contributed by atoms with Gasteiger partial charge in [-0.05, 0) is 121 Å². The highest BCUT2D eigenvalue weighted by molar-refractivity contribution is 6.30. The van der Waals surface area contributed by atoms with Crippen LogP contribution >= 0.6 is 11.6 Å². The Labute approximate surface area is 373 Å². The molecule has 328 valence electrons. The number of carbonyl (C=O) groups excluding carboxylic acids is 2. The number of amides is 2. The minimum absolute atomic E-state index is 0.0209. The number of carbonyl (C=O) groups is 3. The Morgan fingerprint density at radius 1 is 0.859 bits per heavy atom. The molecule has 64 heavy (non-hydrogen) atoms. The van der Waals surface area contributed by atoms with Crippen LogP contribution in [0.25, 0.3) is 44.5 Å².